The minimum absolute atomic E-state index is 0.175. The fourth-order valence-electron chi connectivity index (χ4n) is 5.73. The van der Waals surface area contributed by atoms with Crippen molar-refractivity contribution in [1.29, 1.82) is 0 Å². The third kappa shape index (κ3) is 13.0. The van der Waals surface area contributed by atoms with Crippen LogP contribution in [0.1, 0.15) is 91.3 Å². The van der Waals surface area contributed by atoms with E-state index in [0.717, 1.165) is 34.5 Å². The van der Waals surface area contributed by atoms with Gasteiger partial charge < -0.3 is 35.6 Å². The van der Waals surface area contributed by atoms with Crippen LogP contribution in [0.5, 0.6) is 0 Å². The molecule has 0 saturated carbocycles. The maximum Gasteiger partial charge on any atom is 0.410 e. The van der Waals surface area contributed by atoms with Crippen molar-refractivity contribution in [2.24, 2.45) is 11.1 Å². The summed E-state index contributed by atoms with van der Waals surface area (Å²) < 4.78 is 11.2. The first-order chi connectivity index (χ1) is 23.6. The molecule has 2 unspecified atom stereocenters. The zero-order chi connectivity index (χ0) is 36.9. The molecule has 4 amide bonds. The highest BCUT2D eigenvalue weighted by Crippen LogP contribution is 2.28. The van der Waals surface area contributed by atoms with Crippen molar-refractivity contribution in [3.8, 4) is 10.4 Å². The van der Waals surface area contributed by atoms with Crippen LogP contribution in [-0.4, -0.2) is 95.7 Å². The van der Waals surface area contributed by atoms with E-state index in [2.05, 4.69) is 15.6 Å². The summed E-state index contributed by atoms with van der Waals surface area (Å²) in [5, 5.41) is 5.89. The molecule has 50 heavy (non-hydrogen) atoms. The normalized spacial score (nSPS) is 15.4. The van der Waals surface area contributed by atoms with Crippen molar-refractivity contribution in [2.75, 3.05) is 39.4 Å². The molecule has 4 N–H and O–H groups in total. The van der Waals surface area contributed by atoms with Crippen molar-refractivity contribution >= 4 is 35.2 Å². The van der Waals surface area contributed by atoms with E-state index in [1.807, 2.05) is 78.2 Å². The number of nitrogens with zero attached hydrogens (tertiary/aromatic N) is 3. The Hall–Kier alpha value is -3.55. The van der Waals surface area contributed by atoms with Crippen molar-refractivity contribution in [3.63, 3.8) is 0 Å². The number of aromatic nitrogens is 1. The van der Waals surface area contributed by atoms with Gasteiger partial charge in [0, 0.05) is 32.8 Å². The molecule has 13 heteroatoms. The largest absolute Gasteiger partial charge is 0.444 e. The van der Waals surface area contributed by atoms with Gasteiger partial charge in [0.15, 0.2) is 0 Å². The van der Waals surface area contributed by atoms with Gasteiger partial charge in [0.1, 0.15) is 24.3 Å². The number of unbranched alkanes of at least 4 members (excludes halogenated alkanes) is 2. The van der Waals surface area contributed by atoms with Gasteiger partial charge in [0.05, 0.1) is 16.1 Å². The van der Waals surface area contributed by atoms with E-state index < -0.39 is 23.1 Å². The second kappa shape index (κ2) is 19.2. The number of hydrogen-bond acceptors (Lipinski definition) is 9. The first-order valence-electron chi connectivity index (χ1n) is 17.7. The van der Waals surface area contributed by atoms with E-state index in [9.17, 15) is 19.2 Å². The topological polar surface area (TPSA) is 156 Å². The molecule has 1 aliphatic rings. The molecule has 0 spiro atoms. The lowest BCUT2D eigenvalue weighted by molar-refractivity contribution is -0.144. The smallest absolute Gasteiger partial charge is 0.410 e. The number of amides is 4. The van der Waals surface area contributed by atoms with E-state index in [1.54, 1.807) is 21.1 Å². The minimum atomic E-state index is -0.817. The maximum atomic E-state index is 13.8. The molecule has 0 radical (unpaired) electrons. The third-order valence-electron chi connectivity index (χ3n) is 8.42. The number of carbonyl (C=O) groups is 4. The summed E-state index contributed by atoms with van der Waals surface area (Å²) in [6, 6.07) is 6.63. The Labute approximate surface area is 301 Å². The molecule has 1 fully saturated rings. The highest BCUT2D eigenvalue weighted by Gasteiger charge is 2.41. The Morgan fingerprint density at radius 2 is 1.74 bits per heavy atom. The SMILES string of the molecule is Cc1ncsc1-c1ccc(CNC(=O)C2CCCN2C(=O)C(NC(=O)COCCCCCN(CCCN)C(=O)OC(C)(C)C)C(C)(C)C)cc1. The third-order valence-corrected chi connectivity index (χ3v) is 9.40. The van der Waals surface area contributed by atoms with Crippen LogP contribution in [0.2, 0.25) is 0 Å². The van der Waals surface area contributed by atoms with Crippen LogP contribution in [0.4, 0.5) is 4.79 Å². The summed E-state index contributed by atoms with van der Waals surface area (Å²) >= 11 is 1.60. The van der Waals surface area contributed by atoms with Gasteiger partial charge in [0.25, 0.3) is 0 Å². The monoisotopic (exact) mass is 714 g/mol. The number of nitrogens with two attached hydrogens (primary N) is 1. The molecule has 0 bridgehead atoms. The molecule has 1 aromatic heterocycles. The summed E-state index contributed by atoms with van der Waals surface area (Å²) in [7, 11) is 0. The Kier molecular flexibility index (Phi) is 15.7. The predicted molar refractivity (Wildman–Crippen MR) is 196 cm³/mol. The van der Waals surface area contributed by atoms with Crippen molar-refractivity contribution in [2.45, 2.75) is 111 Å². The van der Waals surface area contributed by atoms with Gasteiger partial charge in [-0.2, -0.15) is 0 Å². The van der Waals surface area contributed by atoms with Gasteiger partial charge in [0.2, 0.25) is 17.7 Å². The first kappa shape index (κ1) is 40.9. The molecule has 2 aromatic rings. The Bertz CT molecular complexity index is 1400. The number of likely N-dealkylation sites (tertiary alicyclic amines) is 1. The maximum absolute atomic E-state index is 13.8. The summed E-state index contributed by atoms with van der Waals surface area (Å²) in [5.74, 6) is -0.848. The average molecular weight is 715 g/mol. The summed E-state index contributed by atoms with van der Waals surface area (Å²) in [4.78, 5) is 61.3. The summed E-state index contributed by atoms with van der Waals surface area (Å²) in [6.45, 7) is 15.8. The highest BCUT2D eigenvalue weighted by atomic mass is 32.1. The molecule has 1 saturated heterocycles. The molecule has 12 nitrogen and oxygen atoms in total. The lowest BCUT2D eigenvalue weighted by Gasteiger charge is -2.35. The van der Waals surface area contributed by atoms with Gasteiger partial charge in [-0.3, -0.25) is 14.4 Å². The molecule has 1 aromatic carbocycles. The van der Waals surface area contributed by atoms with E-state index in [0.29, 0.717) is 65.0 Å². The van der Waals surface area contributed by atoms with Gasteiger partial charge in [-0.05, 0) is 89.3 Å². The van der Waals surface area contributed by atoms with Crippen molar-refractivity contribution in [1.82, 2.24) is 25.4 Å². The summed E-state index contributed by atoms with van der Waals surface area (Å²) in [5.41, 5.74) is 9.36. The second-order valence-corrected chi connectivity index (χ2v) is 15.8. The number of benzene rings is 1. The van der Waals surface area contributed by atoms with E-state index in [1.165, 1.54) is 0 Å². The molecule has 2 atom stereocenters. The van der Waals surface area contributed by atoms with Gasteiger partial charge in [-0.25, -0.2) is 9.78 Å². The summed E-state index contributed by atoms with van der Waals surface area (Å²) in [6.07, 6.45) is 3.93. The first-order valence-corrected chi connectivity index (χ1v) is 18.6. The standard InChI is InChI=1S/C37H58N6O6S/c1-26-31(50-25-40-26)28-16-14-27(15-17-28)23-39-33(45)29-13-11-21-43(29)34(46)32(36(2,3)4)41-30(44)24-48-22-10-8-9-19-42(20-12-18-38)35(47)49-37(5,6)7/h14-17,25,29,32H,8-13,18-24,38H2,1-7H3,(H,39,45)(H,41,44). The molecule has 3 rings (SSSR count). The quantitative estimate of drug-likeness (QED) is 0.193. The number of hydrogen-bond donors (Lipinski definition) is 3. The molecular formula is C37H58N6O6S. The lowest BCUT2D eigenvalue weighted by atomic mass is 9.85. The van der Waals surface area contributed by atoms with Crippen LogP contribution in [0.3, 0.4) is 0 Å². The van der Waals surface area contributed by atoms with Crippen LogP contribution < -0.4 is 16.4 Å². The van der Waals surface area contributed by atoms with Gasteiger partial charge in [-0.15, -0.1) is 11.3 Å². The fraction of sp³-hybridized carbons (Fsp3) is 0.649. The molecule has 1 aliphatic heterocycles. The lowest BCUT2D eigenvalue weighted by Crippen LogP contribution is -2.58. The number of nitrogens with one attached hydrogen (secondary N) is 2. The van der Waals surface area contributed by atoms with Crippen LogP contribution in [0.15, 0.2) is 29.8 Å². The fourth-order valence-corrected chi connectivity index (χ4v) is 6.54. The number of thiazole rings is 1. The van der Waals surface area contributed by atoms with Crippen LogP contribution >= 0.6 is 11.3 Å². The highest BCUT2D eigenvalue weighted by molar-refractivity contribution is 7.13. The molecule has 0 aliphatic carbocycles. The van der Waals surface area contributed by atoms with Crippen LogP contribution in [-0.2, 0) is 30.4 Å². The van der Waals surface area contributed by atoms with Crippen molar-refractivity contribution < 1.29 is 28.7 Å². The van der Waals surface area contributed by atoms with Crippen LogP contribution in [0.25, 0.3) is 10.4 Å². The Morgan fingerprint density at radius 3 is 2.36 bits per heavy atom. The molecule has 2 heterocycles. The zero-order valence-electron chi connectivity index (χ0n) is 31.0. The van der Waals surface area contributed by atoms with Crippen LogP contribution in [0, 0.1) is 12.3 Å². The Morgan fingerprint density at radius 1 is 1.04 bits per heavy atom. The molecule has 278 valence electrons. The van der Waals surface area contributed by atoms with E-state index in [4.69, 9.17) is 15.2 Å². The Balaban J connectivity index is 1.44. The number of aryl methyl sites for hydroxylation is 1. The minimum Gasteiger partial charge on any atom is -0.444 e. The van der Waals surface area contributed by atoms with Gasteiger partial charge in [-0.1, -0.05) is 45.0 Å². The number of carbonyl (C=O) groups excluding carboxylic acids is 4. The van der Waals surface area contributed by atoms with E-state index >= 15 is 0 Å². The zero-order valence-corrected chi connectivity index (χ0v) is 31.8. The predicted octanol–water partition coefficient (Wildman–Crippen LogP) is 5.03. The second-order valence-electron chi connectivity index (χ2n) is 15.0. The number of ether oxygens (including phenoxy) is 2. The average Bonchev–Trinajstić information content (AvgIpc) is 3.71. The number of rotatable bonds is 17. The molecular weight excluding hydrogens is 657 g/mol. The van der Waals surface area contributed by atoms with Crippen molar-refractivity contribution in [3.05, 3.63) is 41.0 Å². The van der Waals surface area contributed by atoms with E-state index in [-0.39, 0.29) is 30.4 Å². The van der Waals surface area contributed by atoms with Gasteiger partial charge >= 0.3 is 6.09 Å².